The van der Waals surface area contributed by atoms with Gasteiger partial charge in [0.1, 0.15) is 17.4 Å². The van der Waals surface area contributed by atoms with E-state index in [4.69, 9.17) is 23.2 Å². The molecule has 1 aromatic heterocycles. The van der Waals surface area contributed by atoms with E-state index >= 15 is 0 Å². The van der Waals surface area contributed by atoms with E-state index in [1.807, 2.05) is 0 Å². The Kier molecular flexibility index (Phi) is 4.91. The summed E-state index contributed by atoms with van der Waals surface area (Å²) in [7, 11) is 0. The van der Waals surface area contributed by atoms with Crippen molar-refractivity contribution in [2.75, 3.05) is 5.32 Å². The number of rotatable bonds is 4. The lowest BCUT2D eigenvalue weighted by molar-refractivity contribution is -0.386. The number of nitrogens with one attached hydrogen (secondary N) is 1. The van der Waals surface area contributed by atoms with Gasteiger partial charge in [-0.25, -0.2) is 0 Å². The quantitative estimate of drug-likeness (QED) is 0.663. The average Bonchev–Trinajstić information content (AvgIpc) is 2.77. The third-order valence-electron chi connectivity index (χ3n) is 3.40. The first kappa shape index (κ1) is 17.2. The van der Waals surface area contributed by atoms with Crippen LogP contribution >= 0.6 is 23.2 Å². The first-order valence-electron chi connectivity index (χ1n) is 6.68. The van der Waals surface area contributed by atoms with Crippen molar-refractivity contribution in [3.63, 3.8) is 0 Å². The Morgan fingerprint density at radius 3 is 2.61 bits per heavy atom. The minimum atomic E-state index is -0.752. The van der Waals surface area contributed by atoms with Crippen LogP contribution in [0.25, 0.3) is 0 Å². The molecule has 7 nitrogen and oxygen atoms in total. The molecule has 1 N–H and O–H groups in total. The Hall–Kier alpha value is -2.12. The van der Waals surface area contributed by atoms with E-state index in [0.29, 0.717) is 21.4 Å². The fraction of sp³-hybridized carbons (Fsp3) is 0.286. The molecular formula is C14H14Cl2N4O3. The van der Waals surface area contributed by atoms with Gasteiger partial charge in [0.15, 0.2) is 0 Å². The molecule has 2 aromatic rings. The van der Waals surface area contributed by atoms with Crippen molar-refractivity contribution in [2.24, 2.45) is 0 Å². The number of aromatic nitrogens is 2. The van der Waals surface area contributed by atoms with Crippen LogP contribution in [0.15, 0.2) is 18.2 Å². The molecule has 1 heterocycles. The molecule has 0 aliphatic heterocycles. The van der Waals surface area contributed by atoms with E-state index < -0.39 is 16.9 Å². The SMILES string of the molecule is Cc1nn(C(C)C(=O)Nc2cc(Cl)ccc2Cl)c(C)c1[N+](=O)[O-]. The van der Waals surface area contributed by atoms with Crippen LogP contribution in [0, 0.1) is 24.0 Å². The zero-order chi connectivity index (χ0) is 17.3. The van der Waals surface area contributed by atoms with Crippen LogP contribution in [-0.4, -0.2) is 20.6 Å². The first-order chi connectivity index (χ1) is 10.7. The predicted molar refractivity (Wildman–Crippen MR) is 88.2 cm³/mol. The Balaban J connectivity index is 2.28. The second kappa shape index (κ2) is 6.55. The Bertz CT molecular complexity index is 789. The smallest absolute Gasteiger partial charge is 0.312 e. The molecule has 0 spiro atoms. The highest BCUT2D eigenvalue weighted by Crippen LogP contribution is 2.28. The molecule has 1 atom stereocenters. The lowest BCUT2D eigenvalue weighted by Crippen LogP contribution is -2.25. The number of hydrogen-bond donors (Lipinski definition) is 1. The summed E-state index contributed by atoms with van der Waals surface area (Å²) in [6.07, 6.45) is 0. The molecule has 0 saturated carbocycles. The first-order valence-corrected chi connectivity index (χ1v) is 7.44. The van der Waals surface area contributed by atoms with Crippen molar-refractivity contribution < 1.29 is 9.72 Å². The van der Waals surface area contributed by atoms with Crippen LogP contribution in [0.5, 0.6) is 0 Å². The van der Waals surface area contributed by atoms with E-state index in [9.17, 15) is 14.9 Å². The number of hydrogen-bond acceptors (Lipinski definition) is 4. The molecule has 0 aliphatic carbocycles. The summed E-state index contributed by atoms with van der Waals surface area (Å²) in [4.78, 5) is 22.9. The van der Waals surface area contributed by atoms with Crippen molar-refractivity contribution in [1.82, 2.24) is 9.78 Å². The third-order valence-corrected chi connectivity index (χ3v) is 3.97. The van der Waals surface area contributed by atoms with Gasteiger partial charge in [0.05, 0.1) is 15.6 Å². The minimum absolute atomic E-state index is 0.0922. The molecule has 122 valence electrons. The lowest BCUT2D eigenvalue weighted by atomic mass is 10.2. The molecule has 1 unspecified atom stereocenters. The third kappa shape index (κ3) is 3.46. The maximum Gasteiger partial charge on any atom is 0.312 e. The summed E-state index contributed by atoms with van der Waals surface area (Å²) in [6, 6.07) is 3.95. The number of amides is 1. The van der Waals surface area contributed by atoms with Crippen molar-refractivity contribution in [3.8, 4) is 0 Å². The zero-order valence-electron chi connectivity index (χ0n) is 12.6. The van der Waals surface area contributed by atoms with Gasteiger partial charge in [0.25, 0.3) is 0 Å². The van der Waals surface area contributed by atoms with Crippen LogP contribution in [0.1, 0.15) is 24.4 Å². The fourth-order valence-corrected chi connectivity index (χ4v) is 2.57. The maximum absolute atomic E-state index is 12.4. The zero-order valence-corrected chi connectivity index (χ0v) is 14.1. The van der Waals surface area contributed by atoms with Crippen LogP contribution in [-0.2, 0) is 4.79 Å². The second-order valence-electron chi connectivity index (χ2n) is 5.01. The molecule has 0 radical (unpaired) electrons. The standard InChI is InChI=1S/C14H14Cl2N4O3/c1-7-13(20(22)23)8(2)19(18-7)9(3)14(21)17-12-6-10(15)4-5-11(12)16/h4-6,9H,1-3H3,(H,17,21). The van der Waals surface area contributed by atoms with Crippen molar-refractivity contribution >= 4 is 40.5 Å². The van der Waals surface area contributed by atoms with E-state index in [0.717, 1.165) is 0 Å². The van der Waals surface area contributed by atoms with Gasteiger partial charge >= 0.3 is 5.69 Å². The highest BCUT2D eigenvalue weighted by molar-refractivity contribution is 6.35. The number of benzene rings is 1. The lowest BCUT2D eigenvalue weighted by Gasteiger charge is -2.15. The summed E-state index contributed by atoms with van der Waals surface area (Å²) in [5.74, 6) is -0.408. The van der Waals surface area contributed by atoms with E-state index in [1.54, 1.807) is 26.0 Å². The second-order valence-corrected chi connectivity index (χ2v) is 5.85. The monoisotopic (exact) mass is 356 g/mol. The number of aryl methyl sites for hydroxylation is 1. The number of halogens is 2. The highest BCUT2D eigenvalue weighted by Gasteiger charge is 2.27. The summed E-state index contributed by atoms with van der Waals surface area (Å²) >= 11 is 11.9. The molecule has 0 saturated heterocycles. The number of anilines is 1. The van der Waals surface area contributed by atoms with Gasteiger partial charge in [0.2, 0.25) is 5.91 Å². The van der Waals surface area contributed by atoms with Gasteiger partial charge in [-0.3, -0.25) is 19.6 Å². The fourth-order valence-electron chi connectivity index (χ4n) is 2.24. The van der Waals surface area contributed by atoms with Crippen molar-refractivity contribution in [2.45, 2.75) is 26.8 Å². The van der Waals surface area contributed by atoms with Crippen LogP contribution in [0.4, 0.5) is 11.4 Å². The van der Waals surface area contributed by atoms with E-state index in [-0.39, 0.29) is 11.4 Å². The number of nitro groups is 1. The molecule has 2 rings (SSSR count). The largest absolute Gasteiger partial charge is 0.323 e. The molecule has 0 aliphatic rings. The molecular weight excluding hydrogens is 343 g/mol. The van der Waals surface area contributed by atoms with Gasteiger partial charge in [-0.1, -0.05) is 23.2 Å². The summed E-state index contributed by atoms with van der Waals surface area (Å²) in [6.45, 7) is 4.67. The van der Waals surface area contributed by atoms with Gasteiger partial charge in [-0.2, -0.15) is 5.10 Å². The number of nitrogens with zero attached hydrogens (tertiary/aromatic N) is 3. The van der Waals surface area contributed by atoms with Gasteiger partial charge in [-0.05, 0) is 39.0 Å². The van der Waals surface area contributed by atoms with Crippen molar-refractivity contribution in [1.29, 1.82) is 0 Å². The van der Waals surface area contributed by atoms with Crippen LogP contribution in [0.3, 0.4) is 0 Å². The average molecular weight is 357 g/mol. The van der Waals surface area contributed by atoms with Gasteiger partial charge < -0.3 is 5.32 Å². The maximum atomic E-state index is 12.4. The summed E-state index contributed by atoms with van der Waals surface area (Å²) in [5.41, 5.74) is 0.845. The predicted octanol–water partition coefficient (Wildman–Crippen LogP) is 3.91. The normalized spacial score (nSPS) is 12.0. The summed E-state index contributed by atoms with van der Waals surface area (Å²) in [5, 5.41) is 18.6. The molecule has 9 heteroatoms. The molecule has 0 bridgehead atoms. The Morgan fingerprint density at radius 1 is 1.39 bits per heavy atom. The van der Waals surface area contributed by atoms with Crippen LogP contribution < -0.4 is 5.32 Å². The molecule has 1 amide bonds. The summed E-state index contributed by atoms with van der Waals surface area (Å²) < 4.78 is 1.32. The number of carbonyl (C=O) groups is 1. The van der Waals surface area contributed by atoms with E-state index in [1.165, 1.54) is 17.7 Å². The Labute approximate surface area is 142 Å². The number of carbonyl (C=O) groups excluding carboxylic acids is 1. The van der Waals surface area contributed by atoms with Crippen LogP contribution in [0.2, 0.25) is 10.0 Å². The molecule has 0 fully saturated rings. The Morgan fingerprint density at radius 2 is 2.04 bits per heavy atom. The molecule has 1 aromatic carbocycles. The van der Waals surface area contributed by atoms with E-state index in [2.05, 4.69) is 10.4 Å². The van der Waals surface area contributed by atoms with Crippen molar-refractivity contribution in [3.05, 3.63) is 49.7 Å². The minimum Gasteiger partial charge on any atom is -0.323 e. The van der Waals surface area contributed by atoms with Gasteiger partial charge in [-0.15, -0.1) is 0 Å². The van der Waals surface area contributed by atoms with Gasteiger partial charge in [0, 0.05) is 5.02 Å². The highest BCUT2D eigenvalue weighted by atomic mass is 35.5. The topological polar surface area (TPSA) is 90.1 Å². The molecule has 23 heavy (non-hydrogen) atoms.